The minimum Gasteiger partial charge on any atom is -0.371 e. The molecule has 0 aliphatic rings. The summed E-state index contributed by atoms with van der Waals surface area (Å²) in [6, 6.07) is 2.05. The van der Waals surface area contributed by atoms with Crippen LogP contribution in [0.3, 0.4) is 0 Å². The fraction of sp³-hybridized carbons (Fsp3) is 0.500. The minimum absolute atomic E-state index is 1.04. The molecule has 0 amide bonds. The second-order valence-electron chi connectivity index (χ2n) is 2.83. The molecule has 0 saturated heterocycles. The van der Waals surface area contributed by atoms with E-state index in [4.69, 9.17) is 0 Å². The second-order valence-corrected chi connectivity index (χ2v) is 2.83. The summed E-state index contributed by atoms with van der Waals surface area (Å²) in [6.07, 6.45) is 3.77. The first-order valence-electron chi connectivity index (χ1n) is 4.45. The van der Waals surface area contributed by atoms with Gasteiger partial charge in [0, 0.05) is 19.3 Å². The third-order valence-electron chi connectivity index (χ3n) is 2.12. The molecule has 0 aliphatic heterocycles. The van der Waals surface area contributed by atoms with E-state index in [1.165, 1.54) is 11.3 Å². The maximum Gasteiger partial charge on any atom is 0.0582 e. The van der Waals surface area contributed by atoms with Crippen LogP contribution < -0.4 is 4.90 Å². The van der Waals surface area contributed by atoms with Crippen LogP contribution in [0.15, 0.2) is 18.5 Å². The number of aromatic nitrogens is 1. The van der Waals surface area contributed by atoms with Crippen LogP contribution >= 0.6 is 0 Å². The molecule has 0 bridgehead atoms. The maximum absolute atomic E-state index is 4.12. The molecular formula is C10H16N2. The van der Waals surface area contributed by atoms with Crippen molar-refractivity contribution in [2.45, 2.75) is 20.8 Å². The van der Waals surface area contributed by atoms with Gasteiger partial charge < -0.3 is 4.90 Å². The molecule has 0 spiro atoms. The zero-order valence-electron chi connectivity index (χ0n) is 8.04. The maximum atomic E-state index is 4.12. The highest BCUT2D eigenvalue weighted by Gasteiger charge is 2.03. The number of aryl methyl sites for hydroxylation is 1. The van der Waals surface area contributed by atoms with Crippen molar-refractivity contribution in [3.8, 4) is 0 Å². The Hall–Kier alpha value is -1.05. The Morgan fingerprint density at radius 3 is 2.50 bits per heavy atom. The summed E-state index contributed by atoms with van der Waals surface area (Å²) in [5.74, 6) is 0. The fourth-order valence-corrected chi connectivity index (χ4v) is 1.35. The average molecular weight is 164 g/mol. The van der Waals surface area contributed by atoms with E-state index in [2.05, 4.69) is 30.7 Å². The van der Waals surface area contributed by atoms with Crippen molar-refractivity contribution in [1.82, 2.24) is 4.98 Å². The molecule has 0 atom stereocenters. The van der Waals surface area contributed by atoms with Gasteiger partial charge in [-0.05, 0) is 32.4 Å². The van der Waals surface area contributed by atoms with Crippen molar-refractivity contribution in [2.75, 3.05) is 18.0 Å². The van der Waals surface area contributed by atoms with Gasteiger partial charge in [0.2, 0.25) is 0 Å². The topological polar surface area (TPSA) is 16.1 Å². The average Bonchev–Trinajstić information content (AvgIpc) is 2.10. The smallest absolute Gasteiger partial charge is 0.0582 e. The monoisotopic (exact) mass is 164 g/mol. The van der Waals surface area contributed by atoms with Crippen molar-refractivity contribution >= 4 is 5.69 Å². The molecule has 0 aromatic carbocycles. The van der Waals surface area contributed by atoms with E-state index < -0.39 is 0 Å². The van der Waals surface area contributed by atoms with Gasteiger partial charge in [0.05, 0.1) is 11.9 Å². The summed E-state index contributed by atoms with van der Waals surface area (Å²) in [6.45, 7) is 8.54. The molecule has 1 heterocycles. The van der Waals surface area contributed by atoms with E-state index >= 15 is 0 Å². The quantitative estimate of drug-likeness (QED) is 0.681. The first kappa shape index (κ1) is 9.04. The Bertz CT molecular complexity index is 241. The number of nitrogens with zero attached hydrogens (tertiary/aromatic N) is 2. The first-order chi connectivity index (χ1) is 5.79. The van der Waals surface area contributed by atoms with E-state index in [0.717, 1.165) is 13.1 Å². The van der Waals surface area contributed by atoms with Gasteiger partial charge in [0.1, 0.15) is 0 Å². The Kier molecular flexibility index (Phi) is 3.09. The lowest BCUT2D eigenvalue weighted by Crippen LogP contribution is -2.22. The largest absolute Gasteiger partial charge is 0.371 e. The predicted molar refractivity (Wildman–Crippen MR) is 52.5 cm³/mol. The molecule has 1 aromatic rings. The summed E-state index contributed by atoms with van der Waals surface area (Å²) in [7, 11) is 0. The Balaban J connectivity index is 2.92. The zero-order valence-corrected chi connectivity index (χ0v) is 8.04. The van der Waals surface area contributed by atoms with E-state index in [0.29, 0.717) is 0 Å². The van der Waals surface area contributed by atoms with E-state index in [9.17, 15) is 0 Å². The summed E-state index contributed by atoms with van der Waals surface area (Å²) in [5.41, 5.74) is 2.55. The van der Waals surface area contributed by atoms with Gasteiger partial charge in [-0.25, -0.2) is 0 Å². The molecule has 12 heavy (non-hydrogen) atoms. The lowest BCUT2D eigenvalue weighted by atomic mass is 10.2. The molecule has 1 rings (SSSR count). The van der Waals surface area contributed by atoms with Crippen molar-refractivity contribution in [3.63, 3.8) is 0 Å². The van der Waals surface area contributed by atoms with Crippen molar-refractivity contribution in [2.24, 2.45) is 0 Å². The van der Waals surface area contributed by atoms with Crippen LogP contribution in [-0.4, -0.2) is 18.1 Å². The zero-order chi connectivity index (χ0) is 8.97. The Morgan fingerprint density at radius 1 is 1.33 bits per heavy atom. The number of hydrogen-bond donors (Lipinski definition) is 0. The minimum atomic E-state index is 1.04. The van der Waals surface area contributed by atoms with Gasteiger partial charge in [-0.1, -0.05) is 0 Å². The SMILES string of the molecule is CCN(CC)c1cnccc1C. The highest BCUT2D eigenvalue weighted by molar-refractivity contribution is 5.50. The Morgan fingerprint density at radius 2 is 2.00 bits per heavy atom. The van der Waals surface area contributed by atoms with E-state index in [1.54, 1.807) is 0 Å². The van der Waals surface area contributed by atoms with Crippen LogP contribution in [0.1, 0.15) is 19.4 Å². The van der Waals surface area contributed by atoms with Crippen LogP contribution in [0, 0.1) is 6.92 Å². The molecular weight excluding hydrogens is 148 g/mol. The van der Waals surface area contributed by atoms with Crippen molar-refractivity contribution in [3.05, 3.63) is 24.0 Å². The molecule has 0 saturated carbocycles. The van der Waals surface area contributed by atoms with Gasteiger partial charge in [0.15, 0.2) is 0 Å². The van der Waals surface area contributed by atoms with Crippen molar-refractivity contribution in [1.29, 1.82) is 0 Å². The number of hydrogen-bond acceptors (Lipinski definition) is 2. The third-order valence-corrected chi connectivity index (χ3v) is 2.12. The lowest BCUT2D eigenvalue weighted by Gasteiger charge is -2.22. The van der Waals surface area contributed by atoms with Gasteiger partial charge >= 0.3 is 0 Å². The highest BCUT2D eigenvalue weighted by atomic mass is 15.1. The second kappa shape index (κ2) is 4.10. The molecule has 0 unspecified atom stereocenters. The van der Waals surface area contributed by atoms with Gasteiger partial charge in [-0.15, -0.1) is 0 Å². The lowest BCUT2D eigenvalue weighted by molar-refractivity contribution is 0.857. The molecule has 2 nitrogen and oxygen atoms in total. The standard InChI is InChI=1S/C10H16N2/c1-4-12(5-2)10-8-11-7-6-9(10)3/h6-8H,4-5H2,1-3H3. The number of rotatable bonds is 3. The molecule has 0 radical (unpaired) electrons. The summed E-state index contributed by atoms with van der Waals surface area (Å²) < 4.78 is 0. The van der Waals surface area contributed by atoms with Crippen LogP contribution in [-0.2, 0) is 0 Å². The predicted octanol–water partition coefficient (Wildman–Crippen LogP) is 2.24. The van der Waals surface area contributed by atoms with E-state index in [-0.39, 0.29) is 0 Å². The normalized spacial score (nSPS) is 9.92. The van der Waals surface area contributed by atoms with Crippen LogP contribution in [0.25, 0.3) is 0 Å². The Labute approximate surface area is 74.2 Å². The molecule has 1 aromatic heterocycles. The van der Waals surface area contributed by atoms with Crippen LogP contribution in [0.5, 0.6) is 0 Å². The molecule has 0 fully saturated rings. The van der Waals surface area contributed by atoms with Gasteiger partial charge in [-0.3, -0.25) is 4.98 Å². The van der Waals surface area contributed by atoms with E-state index in [1.807, 2.05) is 18.5 Å². The van der Waals surface area contributed by atoms with Crippen molar-refractivity contribution < 1.29 is 0 Å². The molecule has 0 aliphatic carbocycles. The molecule has 0 N–H and O–H groups in total. The molecule has 66 valence electrons. The summed E-state index contributed by atoms with van der Waals surface area (Å²) >= 11 is 0. The number of pyridine rings is 1. The highest BCUT2D eigenvalue weighted by Crippen LogP contribution is 2.16. The van der Waals surface area contributed by atoms with Gasteiger partial charge in [0.25, 0.3) is 0 Å². The summed E-state index contributed by atoms with van der Waals surface area (Å²) in [5, 5.41) is 0. The van der Waals surface area contributed by atoms with Crippen LogP contribution in [0.4, 0.5) is 5.69 Å². The molecule has 2 heteroatoms. The third kappa shape index (κ3) is 1.76. The first-order valence-corrected chi connectivity index (χ1v) is 4.45. The number of anilines is 1. The van der Waals surface area contributed by atoms with Gasteiger partial charge in [-0.2, -0.15) is 0 Å². The van der Waals surface area contributed by atoms with Crippen LogP contribution in [0.2, 0.25) is 0 Å². The fourth-order valence-electron chi connectivity index (χ4n) is 1.35. The summed E-state index contributed by atoms with van der Waals surface area (Å²) in [4.78, 5) is 6.43.